The lowest BCUT2D eigenvalue weighted by Gasteiger charge is -2.36. The number of rotatable bonds is 7. The van der Waals surface area contributed by atoms with Gasteiger partial charge in [-0.2, -0.15) is 0 Å². The van der Waals surface area contributed by atoms with Gasteiger partial charge in [-0.05, 0) is 45.9 Å². The second kappa shape index (κ2) is 8.03. The second-order valence-electron chi connectivity index (χ2n) is 5.03. The third-order valence-corrected chi connectivity index (χ3v) is 4.03. The number of hydrogen-bond acceptors (Lipinski definition) is 4. The summed E-state index contributed by atoms with van der Waals surface area (Å²) in [5.41, 5.74) is 5.63. The summed E-state index contributed by atoms with van der Waals surface area (Å²) >= 11 is 0. The average Bonchev–Trinajstić information content (AvgIpc) is 2.39. The van der Waals surface area contributed by atoms with Crippen molar-refractivity contribution in [3.63, 3.8) is 0 Å². The number of nitrogens with zero attached hydrogens (tertiary/aromatic N) is 2. The maximum atomic E-state index is 5.63. The van der Waals surface area contributed by atoms with Gasteiger partial charge in [0.05, 0.1) is 6.10 Å². The highest BCUT2D eigenvalue weighted by molar-refractivity contribution is 4.78. The number of nitrogens with two attached hydrogens (primary N) is 1. The Morgan fingerprint density at radius 1 is 1.41 bits per heavy atom. The van der Waals surface area contributed by atoms with E-state index in [1.54, 1.807) is 7.11 Å². The lowest BCUT2D eigenvalue weighted by molar-refractivity contribution is 0.0763. The van der Waals surface area contributed by atoms with Gasteiger partial charge < -0.3 is 20.3 Å². The smallest absolute Gasteiger partial charge is 0.0705 e. The third-order valence-electron chi connectivity index (χ3n) is 4.03. The summed E-state index contributed by atoms with van der Waals surface area (Å²) in [6, 6.07) is 0.744. The van der Waals surface area contributed by atoms with E-state index >= 15 is 0 Å². The van der Waals surface area contributed by atoms with Crippen LogP contribution in [0, 0.1) is 0 Å². The number of ether oxygens (including phenoxy) is 1. The Bertz CT molecular complexity index is 189. The molecule has 1 aliphatic heterocycles. The molecule has 102 valence electrons. The summed E-state index contributed by atoms with van der Waals surface area (Å²) in [6.07, 6.45) is 3.85. The molecule has 0 aromatic heterocycles. The first kappa shape index (κ1) is 14.9. The molecule has 1 aliphatic rings. The Hall–Kier alpha value is -0.160. The van der Waals surface area contributed by atoms with Crippen molar-refractivity contribution in [3.8, 4) is 0 Å². The highest BCUT2D eigenvalue weighted by atomic mass is 16.5. The van der Waals surface area contributed by atoms with Crippen molar-refractivity contribution >= 4 is 0 Å². The van der Waals surface area contributed by atoms with Crippen LogP contribution in [-0.4, -0.2) is 68.8 Å². The van der Waals surface area contributed by atoms with Crippen molar-refractivity contribution in [3.05, 3.63) is 0 Å². The van der Waals surface area contributed by atoms with Gasteiger partial charge in [0.15, 0.2) is 0 Å². The Morgan fingerprint density at radius 2 is 2.06 bits per heavy atom. The number of hydrogen-bond donors (Lipinski definition) is 1. The van der Waals surface area contributed by atoms with Crippen LogP contribution in [-0.2, 0) is 4.74 Å². The van der Waals surface area contributed by atoms with Crippen molar-refractivity contribution in [2.75, 3.05) is 46.9 Å². The van der Waals surface area contributed by atoms with E-state index in [1.807, 2.05) is 0 Å². The fraction of sp³-hybridized carbons (Fsp3) is 1.00. The molecule has 0 spiro atoms. The molecule has 2 N–H and O–H groups in total. The molecular formula is C13H29N3O. The Kier molecular flexibility index (Phi) is 7.04. The largest absolute Gasteiger partial charge is 0.380 e. The topological polar surface area (TPSA) is 41.7 Å². The molecule has 1 fully saturated rings. The maximum Gasteiger partial charge on any atom is 0.0705 e. The molecule has 17 heavy (non-hydrogen) atoms. The van der Waals surface area contributed by atoms with E-state index < -0.39 is 0 Å². The SMILES string of the molecule is CCN1CCC(N(C)CCC(CN)OC)CC1. The molecule has 0 saturated carbocycles. The Balaban J connectivity index is 2.22. The molecule has 0 aromatic rings. The van der Waals surface area contributed by atoms with Crippen molar-refractivity contribution in [1.29, 1.82) is 0 Å². The molecule has 0 aliphatic carbocycles. The summed E-state index contributed by atoms with van der Waals surface area (Å²) in [4.78, 5) is 5.01. The van der Waals surface area contributed by atoms with E-state index in [2.05, 4.69) is 23.8 Å². The zero-order chi connectivity index (χ0) is 12.7. The molecule has 0 amide bonds. The zero-order valence-electron chi connectivity index (χ0n) is 11.7. The molecule has 4 heteroatoms. The normalized spacial score (nSPS) is 21.0. The lowest BCUT2D eigenvalue weighted by Crippen LogP contribution is -2.44. The van der Waals surface area contributed by atoms with Gasteiger partial charge in [-0.15, -0.1) is 0 Å². The van der Waals surface area contributed by atoms with Crippen LogP contribution in [0.5, 0.6) is 0 Å². The van der Waals surface area contributed by atoms with E-state index in [0.717, 1.165) is 19.0 Å². The van der Waals surface area contributed by atoms with Gasteiger partial charge in [-0.3, -0.25) is 0 Å². The fourth-order valence-corrected chi connectivity index (χ4v) is 2.54. The van der Waals surface area contributed by atoms with Crippen LogP contribution in [0.2, 0.25) is 0 Å². The first-order valence-electron chi connectivity index (χ1n) is 6.86. The predicted molar refractivity (Wildman–Crippen MR) is 72.2 cm³/mol. The molecule has 1 heterocycles. The van der Waals surface area contributed by atoms with Crippen molar-refractivity contribution in [2.45, 2.75) is 38.3 Å². The fourth-order valence-electron chi connectivity index (χ4n) is 2.54. The standard InChI is InChI=1S/C13H29N3O/c1-4-16-9-5-12(6-10-16)15(2)8-7-13(11-14)17-3/h12-13H,4-11,14H2,1-3H3. The monoisotopic (exact) mass is 243 g/mol. The molecule has 4 nitrogen and oxygen atoms in total. The maximum absolute atomic E-state index is 5.63. The van der Waals surface area contributed by atoms with Gasteiger partial charge in [0, 0.05) is 26.2 Å². The lowest BCUT2D eigenvalue weighted by atomic mass is 10.0. The van der Waals surface area contributed by atoms with Crippen molar-refractivity contribution in [2.24, 2.45) is 5.73 Å². The number of methoxy groups -OCH3 is 1. The predicted octanol–water partition coefficient (Wildman–Crippen LogP) is 0.766. The van der Waals surface area contributed by atoms with Crippen LogP contribution >= 0.6 is 0 Å². The molecule has 1 rings (SSSR count). The highest BCUT2D eigenvalue weighted by Crippen LogP contribution is 2.15. The van der Waals surface area contributed by atoms with Gasteiger partial charge in [0.2, 0.25) is 0 Å². The summed E-state index contributed by atoms with van der Waals surface area (Å²) in [5, 5.41) is 0. The van der Waals surface area contributed by atoms with Gasteiger partial charge >= 0.3 is 0 Å². The average molecular weight is 243 g/mol. The quantitative estimate of drug-likeness (QED) is 0.717. The van der Waals surface area contributed by atoms with Crippen LogP contribution in [0.25, 0.3) is 0 Å². The van der Waals surface area contributed by atoms with Crippen LogP contribution in [0.3, 0.4) is 0 Å². The number of likely N-dealkylation sites (tertiary alicyclic amines) is 1. The summed E-state index contributed by atoms with van der Waals surface area (Å²) in [5.74, 6) is 0. The van der Waals surface area contributed by atoms with Crippen molar-refractivity contribution in [1.82, 2.24) is 9.80 Å². The molecule has 1 saturated heterocycles. The van der Waals surface area contributed by atoms with E-state index in [-0.39, 0.29) is 6.10 Å². The minimum atomic E-state index is 0.216. The van der Waals surface area contributed by atoms with E-state index in [9.17, 15) is 0 Å². The first-order valence-corrected chi connectivity index (χ1v) is 6.86. The Labute approximate surface area is 106 Å². The first-order chi connectivity index (χ1) is 8.21. The highest BCUT2D eigenvalue weighted by Gasteiger charge is 2.21. The minimum absolute atomic E-state index is 0.216. The van der Waals surface area contributed by atoms with E-state index in [0.29, 0.717) is 6.54 Å². The third kappa shape index (κ3) is 4.92. The van der Waals surface area contributed by atoms with Gasteiger partial charge in [-0.1, -0.05) is 6.92 Å². The van der Waals surface area contributed by atoms with E-state index in [1.165, 1.54) is 32.5 Å². The molecule has 0 radical (unpaired) electrons. The van der Waals surface area contributed by atoms with Gasteiger partial charge in [0.1, 0.15) is 0 Å². The molecule has 0 bridgehead atoms. The van der Waals surface area contributed by atoms with Crippen LogP contribution in [0.1, 0.15) is 26.2 Å². The van der Waals surface area contributed by atoms with Crippen molar-refractivity contribution < 1.29 is 4.74 Å². The van der Waals surface area contributed by atoms with Crippen LogP contribution < -0.4 is 5.73 Å². The summed E-state index contributed by atoms with van der Waals surface area (Å²) in [7, 11) is 3.98. The second-order valence-corrected chi connectivity index (χ2v) is 5.03. The molecular weight excluding hydrogens is 214 g/mol. The van der Waals surface area contributed by atoms with E-state index in [4.69, 9.17) is 10.5 Å². The number of piperidine rings is 1. The summed E-state index contributed by atoms with van der Waals surface area (Å²) in [6.45, 7) is 7.64. The summed E-state index contributed by atoms with van der Waals surface area (Å²) < 4.78 is 5.31. The van der Waals surface area contributed by atoms with Gasteiger partial charge in [-0.25, -0.2) is 0 Å². The van der Waals surface area contributed by atoms with Crippen LogP contribution in [0.15, 0.2) is 0 Å². The van der Waals surface area contributed by atoms with Crippen LogP contribution in [0.4, 0.5) is 0 Å². The molecule has 1 unspecified atom stereocenters. The molecule has 1 atom stereocenters. The minimum Gasteiger partial charge on any atom is -0.380 e. The Morgan fingerprint density at radius 3 is 2.53 bits per heavy atom. The van der Waals surface area contributed by atoms with Gasteiger partial charge in [0.25, 0.3) is 0 Å². The zero-order valence-corrected chi connectivity index (χ0v) is 11.7. The molecule has 0 aromatic carbocycles.